The minimum absolute atomic E-state index is 0.0327. The standard InChI is InChI=1S/C29H26FN3O14/c30-16-1-2-19(17(9-16)33(13-26(38)39)14-27(40)41)44-5-6-45-21-7-15-8-22(28-31-11-23(47-28)29(42)43)46-20(15)10-18(21)32(12-25(36)37)4-3-24(34)35/h1-2,7-11H,3-6,12-14H2,(H,34,35)(H,36,37)(H,38,39)(H,40,41)(H,42,43). The molecule has 0 aliphatic carbocycles. The van der Waals surface area contributed by atoms with Gasteiger partial charge in [-0.3, -0.25) is 19.2 Å². The van der Waals surface area contributed by atoms with E-state index in [2.05, 4.69) is 4.98 Å². The third-order valence-electron chi connectivity index (χ3n) is 6.30. The first-order valence-electron chi connectivity index (χ1n) is 13.5. The number of nitrogens with zero attached hydrogens (tertiary/aromatic N) is 3. The summed E-state index contributed by atoms with van der Waals surface area (Å²) in [6, 6.07) is 7.45. The fourth-order valence-electron chi connectivity index (χ4n) is 4.40. The maximum absolute atomic E-state index is 14.1. The third-order valence-corrected chi connectivity index (χ3v) is 6.30. The molecule has 0 aliphatic heterocycles. The number of ether oxygens (including phenoxy) is 2. The van der Waals surface area contributed by atoms with Gasteiger partial charge in [-0.25, -0.2) is 14.2 Å². The van der Waals surface area contributed by atoms with Crippen LogP contribution < -0.4 is 19.3 Å². The van der Waals surface area contributed by atoms with Crippen molar-refractivity contribution in [2.24, 2.45) is 0 Å². The number of carboxylic acid groups (broad SMARTS) is 5. The van der Waals surface area contributed by atoms with Gasteiger partial charge in [-0.05, 0) is 24.3 Å². The lowest BCUT2D eigenvalue weighted by molar-refractivity contribution is -0.138. The molecular formula is C29H26FN3O14. The number of aliphatic carboxylic acids is 4. The normalized spacial score (nSPS) is 10.8. The Hall–Kier alpha value is -6.33. The van der Waals surface area contributed by atoms with Crippen molar-refractivity contribution in [3.05, 3.63) is 54.2 Å². The number of aromatic nitrogens is 1. The van der Waals surface area contributed by atoms with Gasteiger partial charge in [-0.1, -0.05) is 0 Å². The highest BCUT2D eigenvalue weighted by atomic mass is 19.1. The Morgan fingerprint density at radius 1 is 0.745 bits per heavy atom. The molecular weight excluding hydrogens is 633 g/mol. The zero-order valence-corrected chi connectivity index (χ0v) is 24.1. The van der Waals surface area contributed by atoms with Crippen molar-refractivity contribution in [3.8, 4) is 23.1 Å². The molecule has 0 unspecified atom stereocenters. The number of furan rings is 1. The molecule has 0 aliphatic rings. The number of carboxylic acids is 5. The van der Waals surface area contributed by atoms with Crippen molar-refractivity contribution >= 4 is 52.2 Å². The summed E-state index contributed by atoms with van der Waals surface area (Å²) in [4.78, 5) is 62.8. The van der Waals surface area contributed by atoms with Crippen LogP contribution in [0.1, 0.15) is 17.0 Å². The predicted octanol–water partition coefficient (Wildman–Crippen LogP) is 2.72. The zero-order valence-electron chi connectivity index (χ0n) is 24.1. The topological polar surface area (TPSA) is 251 Å². The summed E-state index contributed by atoms with van der Waals surface area (Å²) in [5.74, 6) is -7.87. The van der Waals surface area contributed by atoms with Crippen LogP contribution in [0.5, 0.6) is 11.5 Å². The van der Waals surface area contributed by atoms with E-state index in [0.717, 1.165) is 23.2 Å². The molecule has 248 valence electrons. The first-order chi connectivity index (χ1) is 22.3. The minimum Gasteiger partial charge on any atom is -0.488 e. The van der Waals surface area contributed by atoms with Gasteiger partial charge in [-0.2, -0.15) is 0 Å². The van der Waals surface area contributed by atoms with E-state index in [4.69, 9.17) is 23.4 Å². The number of aromatic carboxylic acids is 1. The van der Waals surface area contributed by atoms with E-state index in [0.29, 0.717) is 5.39 Å². The Morgan fingerprint density at radius 3 is 1.96 bits per heavy atom. The fraction of sp³-hybridized carbons (Fsp3) is 0.241. The molecule has 0 bridgehead atoms. The first-order valence-corrected chi connectivity index (χ1v) is 13.5. The molecule has 18 heteroatoms. The summed E-state index contributed by atoms with van der Waals surface area (Å²) in [7, 11) is 0. The molecule has 5 N–H and O–H groups in total. The highest BCUT2D eigenvalue weighted by Gasteiger charge is 2.23. The molecule has 0 saturated carbocycles. The maximum Gasteiger partial charge on any atom is 0.373 e. The Morgan fingerprint density at radius 2 is 1.36 bits per heavy atom. The predicted molar refractivity (Wildman–Crippen MR) is 156 cm³/mol. The summed E-state index contributed by atoms with van der Waals surface area (Å²) >= 11 is 0. The molecule has 0 atom stereocenters. The van der Waals surface area contributed by atoms with Crippen molar-refractivity contribution in [1.29, 1.82) is 0 Å². The van der Waals surface area contributed by atoms with Crippen LogP contribution in [0.3, 0.4) is 0 Å². The molecule has 0 radical (unpaired) electrons. The summed E-state index contributed by atoms with van der Waals surface area (Å²) in [5.41, 5.74) is 0.159. The highest BCUT2D eigenvalue weighted by Crippen LogP contribution is 2.37. The van der Waals surface area contributed by atoms with Crippen LogP contribution in [0, 0.1) is 5.82 Å². The van der Waals surface area contributed by atoms with E-state index in [9.17, 15) is 48.8 Å². The van der Waals surface area contributed by atoms with Crippen molar-refractivity contribution in [2.45, 2.75) is 6.42 Å². The van der Waals surface area contributed by atoms with Crippen LogP contribution in [0.4, 0.5) is 15.8 Å². The SMILES string of the molecule is O=C(O)CCN(CC(=O)O)c1cc2oc(-c3ncc(C(=O)O)o3)cc2cc1OCCOc1ccc(F)cc1N(CC(=O)O)CC(=O)O. The van der Waals surface area contributed by atoms with E-state index < -0.39 is 67.5 Å². The number of benzene rings is 2. The summed E-state index contributed by atoms with van der Waals surface area (Å²) in [5, 5.41) is 46.7. The minimum atomic E-state index is -1.37. The van der Waals surface area contributed by atoms with Gasteiger partial charge in [0.15, 0.2) is 5.76 Å². The van der Waals surface area contributed by atoms with E-state index in [1.165, 1.54) is 29.2 Å². The lowest BCUT2D eigenvalue weighted by atomic mass is 10.2. The lowest BCUT2D eigenvalue weighted by Gasteiger charge is -2.25. The van der Waals surface area contributed by atoms with Crippen LogP contribution in [-0.4, -0.2) is 99.8 Å². The summed E-state index contributed by atoms with van der Waals surface area (Å²) < 4.78 is 36.6. The van der Waals surface area contributed by atoms with E-state index >= 15 is 0 Å². The third kappa shape index (κ3) is 8.87. The Kier molecular flexibility index (Phi) is 10.4. The molecule has 2 heterocycles. The van der Waals surface area contributed by atoms with Gasteiger partial charge in [0.1, 0.15) is 55.7 Å². The van der Waals surface area contributed by atoms with Gasteiger partial charge in [0.05, 0.1) is 24.0 Å². The largest absolute Gasteiger partial charge is 0.488 e. The number of rotatable bonds is 18. The molecule has 0 fully saturated rings. The Labute approximate surface area is 262 Å². The van der Waals surface area contributed by atoms with Crippen LogP contribution >= 0.6 is 0 Å². The van der Waals surface area contributed by atoms with Crippen LogP contribution in [-0.2, 0) is 19.2 Å². The zero-order chi connectivity index (χ0) is 34.2. The van der Waals surface area contributed by atoms with Gasteiger partial charge < -0.3 is 53.6 Å². The number of oxazole rings is 1. The fourth-order valence-corrected chi connectivity index (χ4v) is 4.40. The smallest absolute Gasteiger partial charge is 0.373 e. The quantitative estimate of drug-likeness (QED) is 0.0963. The number of anilines is 2. The maximum atomic E-state index is 14.1. The molecule has 0 spiro atoms. The molecule has 4 aromatic rings. The van der Waals surface area contributed by atoms with E-state index in [-0.39, 0.29) is 59.9 Å². The second-order valence-electron chi connectivity index (χ2n) is 9.71. The van der Waals surface area contributed by atoms with Crippen LogP contribution in [0.2, 0.25) is 0 Å². The Bertz CT molecular complexity index is 1800. The van der Waals surface area contributed by atoms with Gasteiger partial charge in [0, 0.05) is 24.1 Å². The number of hydrogen-bond acceptors (Lipinski definition) is 12. The molecule has 4 rings (SSSR count). The number of carbonyl (C=O) groups is 5. The molecule has 47 heavy (non-hydrogen) atoms. The number of halogens is 1. The van der Waals surface area contributed by atoms with Crippen molar-refractivity contribution in [1.82, 2.24) is 4.98 Å². The number of hydrogen-bond donors (Lipinski definition) is 5. The van der Waals surface area contributed by atoms with Gasteiger partial charge in [0.25, 0.3) is 5.89 Å². The second kappa shape index (κ2) is 14.6. The second-order valence-corrected chi connectivity index (χ2v) is 9.71. The number of fused-ring (bicyclic) bond motifs is 1. The molecule has 2 aromatic carbocycles. The van der Waals surface area contributed by atoms with Crippen molar-refractivity contribution in [3.63, 3.8) is 0 Å². The van der Waals surface area contributed by atoms with Crippen LogP contribution in [0.25, 0.3) is 22.6 Å². The summed E-state index contributed by atoms with van der Waals surface area (Å²) in [6.07, 6.45) is 0.558. The van der Waals surface area contributed by atoms with E-state index in [1.54, 1.807) is 0 Å². The molecule has 0 saturated heterocycles. The molecule has 2 aromatic heterocycles. The average molecular weight is 660 g/mol. The van der Waals surface area contributed by atoms with Crippen molar-refractivity contribution in [2.75, 3.05) is 49.2 Å². The highest BCUT2D eigenvalue weighted by molar-refractivity contribution is 5.89. The lowest BCUT2D eigenvalue weighted by Crippen LogP contribution is -2.35. The van der Waals surface area contributed by atoms with Crippen LogP contribution in [0.15, 0.2) is 51.4 Å². The Balaban J connectivity index is 1.63. The average Bonchev–Trinajstić information content (AvgIpc) is 3.64. The monoisotopic (exact) mass is 659 g/mol. The van der Waals surface area contributed by atoms with Gasteiger partial charge in [0.2, 0.25) is 5.76 Å². The molecule has 17 nitrogen and oxygen atoms in total. The summed E-state index contributed by atoms with van der Waals surface area (Å²) in [6.45, 7) is -2.87. The van der Waals surface area contributed by atoms with Crippen molar-refractivity contribution < 1.29 is 72.2 Å². The first kappa shape index (κ1) is 33.6. The van der Waals surface area contributed by atoms with Gasteiger partial charge >= 0.3 is 29.8 Å². The molecule has 0 amide bonds. The van der Waals surface area contributed by atoms with E-state index in [1.807, 2.05) is 0 Å². The van der Waals surface area contributed by atoms with Gasteiger partial charge in [-0.15, -0.1) is 0 Å².